The summed E-state index contributed by atoms with van der Waals surface area (Å²) in [7, 11) is 1.70. The minimum absolute atomic E-state index is 0.616. The van der Waals surface area contributed by atoms with Crippen LogP contribution in [0.1, 0.15) is 0 Å². The highest BCUT2D eigenvalue weighted by atomic mass is 27.2. The molecule has 0 aromatic heterocycles. The molecule has 0 N–H and O–H groups in total. The lowest BCUT2D eigenvalue weighted by Gasteiger charge is -2.02. The summed E-state index contributed by atoms with van der Waals surface area (Å²) in [6.07, 6.45) is 0. The molecule has 0 amide bonds. The molecule has 11 heavy (non-hydrogen) atoms. The molecule has 0 bridgehead atoms. The first kappa shape index (κ1) is 8.65. The highest BCUT2D eigenvalue weighted by molar-refractivity contribution is 6.70. The Kier molecular flexibility index (Phi) is 2.99. The van der Waals surface area contributed by atoms with Gasteiger partial charge in [-0.3, -0.25) is 0 Å². The quantitative estimate of drug-likeness (QED) is 0.604. The van der Waals surface area contributed by atoms with Crippen molar-refractivity contribution in [2.75, 3.05) is 7.11 Å². The first-order valence-electron chi connectivity index (χ1n) is 3.88. The number of hydrogen-bond donors (Lipinski definition) is 0. The van der Waals surface area contributed by atoms with Crippen LogP contribution in [0.4, 0.5) is 0 Å². The second kappa shape index (κ2) is 3.80. The predicted octanol–water partition coefficient (Wildman–Crippen LogP) is 1.66. The molecule has 0 atom stereocenters. The fourth-order valence-corrected chi connectivity index (χ4v) is 1.95. The lowest BCUT2D eigenvalue weighted by atomic mass is 10.3. The highest BCUT2D eigenvalue weighted by Gasteiger charge is 2.04. The Balaban J connectivity index is 2.83. The summed E-state index contributed by atoms with van der Waals surface area (Å²) in [5, 5.41) is 0. The average Bonchev–Trinajstić information content (AvgIpc) is 2.05. The van der Waals surface area contributed by atoms with Gasteiger partial charge >= 0.3 is 0 Å². The van der Waals surface area contributed by atoms with Crippen LogP contribution in [0, 0.1) is 0 Å². The minimum atomic E-state index is -0.616. The van der Waals surface area contributed by atoms with Gasteiger partial charge in [-0.25, -0.2) is 0 Å². The summed E-state index contributed by atoms with van der Waals surface area (Å²) in [4.78, 5) is 0. The van der Waals surface area contributed by atoms with E-state index in [0.29, 0.717) is 0 Å². The molecule has 0 radical (unpaired) electrons. The molecule has 0 aliphatic rings. The summed E-state index contributed by atoms with van der Waals surface area (Å²) in [6, 6.07) is 8.39. The van der Waals surface area contributed by atoms with E-state index < -0.39 is 14.1 Å². The molecule has 0 heterocycles. The minimum Gasteiger partial charge on any atom is -0.497 e. The lowest BCUT2D eigenvalue weighted by Crippen LogP contribution is -2.21. The maximum atomic E-state index is 5.06. The fourth-order valence-electron chi connectivity index (χ4n) is 0.989. The van der Waals surface area contributed by atoms with Crippen LogP contribution in [0.2, 0.25) is 11.6 Å². The summed E-state index contributed by atoms with van der Waals surface area (Å²) < 4.78 is 6.56. The van der Waals surface area contributed by atoms with Crippen molar-refractivity contribution >= 4 is 18.6 Å². The van der Waals surface area contributed by atoms with Gasteiger partial charge in [0.25, 0.3) is 14.1 Å². The SMILES string of the molecule is COc1cc[c]([Al]([CH3])[CH3])cc1. The Labute approximate surface area is 72.4 Å². The van der Waals surface area contributed by atoms with E-state index in [4.69, 9.17) is 4.74 Å². The van der Waals surface area contributed by atoms with E-state index >= 15 is 0 Å². The number of rotatable bonds is 2. The van der Waals surface area contributed by atoms with Gasteiger partial charge in [-0.15, -0.1) is 16.0 Å². The monoisotopic (exact) mass is 164 g/mol. The summed E-state index contributed by atoms with van der Waals surface area (Å²) in [5.41, 5.74) is 0. The molecule has 1 rings (SSSR count). The van der Waals surface area contributed by atoms with E-state index in [0.717, 1.165) is 5.75 Å². The van der Waals surface area contributed by atoms with E-state index in [1.165, 1.54) is 4.43 Å². The van der Waals surface area contributed by atoms with Crippen molar-refractivity contribution in [3.63, 3.8) is 0 Å². The van der Waals surface area contributed by atoms with Gasteiger partial charge in [-0.05, 0) is 12.1 Å². The smallest absolute Gasteiger partial charge is 0.299 e. The Hall–Kier alpha value is -0.448. The third kappa shape index (κ3) is 2.25. The maximum Gasteiger partial charge on any atom is 0.299 e. The van der Waals surface area contributed by atoms with Crippen LogP contribution >= 0.6 is 0 Å². The van der Waals surface area contributed by atoms with Gasteiger partial charge in [0.05, 0.1) is 7.11 Å². The Morgan fingerprint density at radius 1 is 1.09 bits per heavy atom. The van der Waals surface area contributed by atoms with Gasteiger partial charge in [-0.1, -0.05) is 12.1 Å². The van der Waals surface area contributed by atoms with E-state index in [1.54, 1.807) is 7.11 Å². The molecule has 58 valence electrons. The van der Waals surface area contributed by atoms with Crippen LogP contribution in [0.5, 0.6) is 5.75 Å². The van der Waals surface area contributed by atoms with Crippen molar-refractivity contribution in [1.29, 1.82) is 0 Å². The highest BCUT2D eigenvalue weighted by Crippen LogP contribution is 2.05. The van der Waals surface area contributed by atoms with E-state index in [2.05, 4.69) is 23.7 Å². The van der Waals surface area contributed by atoms with Crippen molar-refractivity contribution in [2.24, 2.45) is 0 Å². The number of benzene rings is 1. The normalized spacial score (nSPS) is 9.36. The topological polar surface area (TPSA) is 9.23 Å². The number of methoxy groups -OCH3 is 1. The largest absolute Gasteiger partial charge is 0.497 e. The van der Waals surface area contributed by atoms with Gasteiger partial charge in [0.1, 0.15) is 5.75 Å². The van der Waals surface area contributed by atoms with Crippen LogP contribution < -0.4 is 9.16 Å². The van der Waals surface area contributed by atoms with Crippen molar-refractivity contribution < 1.29 is 4.74 Å². The summed E-state index contributed by atoms with van der Waals surface area (Å²) in [6.45, 7) is 0. The molecule has 1 aromatic carbocycles. The predicted molar refractivity (Wildman–Crippen MR) is 50.1 cm³/mol. The molecule has 1 aromatic rings. The van der Waals surface area contributed by atoms with Crippen LogP contribution in [-0.2, 0) is 0 Å². The van der Waals surface area contributed by atoms with Gasteiger partial charge in [0.15, 0.2) is 0 Å². The van der Waals surface area contributed by atoms with Gasteiger partial charge < -0.3 is 4.74 Å². The lowest BCUT2D eigenvalue weighted by molar-refractivity contribution is 0.415. The summed E-state index contributed by atoms with van der Waals surface area (Å²) in [5.74, 6) is 5.59. The maximum absolute atomic E-state index is 5.06. The van der Waals surface area contributed by atoms with Crippen LogP contribution in [0.25, 0.3) is 0 Å². The molecule has 0 saturated carbocycles. The van der Waals surface area contributed by atoms with E-state index in [-0.39, 0.29) is 0 Å². The third-order valence-corrected chi connectivity index (χ3v) is 3.50. The Morgan fingerprint density at radius 2 is 1.64 bits per heavy atom. The van der Waals surface area contributed by atoms with Crippen molar-refractivity contribution in [1.82, 2.24) is 0 Å². The molecule has 1 nitrogen and oxygen atoms in total. The first-order chi connectivity index (χ1) is 5.24. The van der Waals surface area contributed by atoms with Crippen molar-refractivity contribution in [3.8, 4) is 5.75 Å². The number of ether oxygens (including phenoxy) is 1. The van der Waals surface area contributed by atoms with Gasteiger partial charge in [-0.2, -0.15) is 0 Å². The standard InChI is InChI=1S/C7H7O.2CH3.Al/c1-8-7-5-3-2-4-6-7;;;/h3-6H,1H3;2*1H3;. The molecule has 0 unspecified atom stereocenters. The van der Waals surface area contributed by atoms with Crippen LogP contribution in [0.15, 0.2) is 24.3 Å². The molecular formula is C9H13AlO. The molecule has 0 aliphatic heterocycles. The zero-order valence-corrected chi connectivity index (χ0v) is 8.45. The molecule has 0 saturated heterocycles. The molecule has 0 spiro atoms. The van der Waals surface area contributed by atoms with Gasteiger partial charge in [0, 0.05) is 0 Å². The van der Waals surface area contributed by atoms with Crippen LogP contribution in [0.3, 0.4) is 0 Å². The fraction of sp³-hybridized carbons (Fsp3) is 0.333. The average molecular weight is 164 g/mol. The van der Waals surface area contributed by atoms with E-state index in [1.807, 2.05) is 12.1 Å². The zero-order chi connectivity index (χ0) is 8.27. The Bertz CT molecular complexity index is 216. The molecule has 0 fully saturated rings. The molecule has 0 aliphatic carbocycles. The van der Waals surface area contributed by atoms with E-state index in [9.17, 15) is 0 Å². The first-order valence-corrected chi connectivity index (χ1v) is 6.76. The number of hydrogen-bond acceptors (Lipinski definition) is 1. The van der Waals surface area contributed by atoms with Crippen molar-refractivity contribution in [3.05, 3.63) is 24.3 Å². The molecule has 2 heteroatoms. The van der Waals surface area contributed by atoms with Crippen LogP contribution in [-0.4, -0.2) is 21.3 Å². The second-order valence-corrected chi connectivity index (χ2v) is 5.90. The molecular weight excluding hydrogens is 151 g/mol. The van der Waals surface area contributed by atoms with Crippen molar-refractivity contribution in [2.45, 2.75) is 11.6 Å². The van der Waals surface area contributed by atoms with Gasteiger partial charge in [0.2, 0.25) is 0 Å². The second-order valence-electron chi connectivity index (χ2n) is 2.93. The zero-order valence-electron chi connectivity index (χ0n) is 7.29. The Morgan fingerprint density at radius 3 is 2.00 bits per heavy atom. The third-order valence-electron chi connectivity index (χ3n) is 1.78. The summed E-state index contributed by atoms with van der Waals surface area (Å²) >= 11 is -0.616.